The summed E-state index contributed by atoms with van der Waals surface area (Å²) in [5.41, 5.74) is 6.76. The molecule has 0 saturated carbocycles. The lowest BCUT2D eigenvalue weighted by molar-refractivity contribution is -0.0346. The molecule has 3 N–H and O–H groups in total. The van der Waals surface area contributed by atoms with E-state index in [2.05, 4.69) is 5.16 Å². The number of aryl methyl sites for hydroxylation is 1. The van der Waals surface area contributed by atoms with Crippen LogP contribution in [0, 0.1) is 12.7 Å². The topological polar surface area (TPSA) is 77.1 Å². The van der Waals surface area contributed by atoms with Crippen LogP contribution in [0.5, 0.6) is 0 Å². The Bertz CT molecular complexity index is 464. The zero-order chi connectivity index (χ0) is 15.1. The largest absolute Gasteiger partial charge is 0.391 e. The minimum atomic E-state index is -0.774. The third-order valence-electron chi connectivity index (χ3n) is 2.51. The van der Waals surface area contributed by atoms with Gasteiger partial charge in [-0.3, -0.25) is 0 Å². The molecule has 0 aliphatic heterocycles. The summed E-state index contributed by atoms with van der Waals surface area (Å²) < 4.78 is 18.3. The van der Waals surface area contributed by atoms with E-state index in [-0.39, 0.29) is 31.0 Å². The summed E-state index contributed by atoms with van der Waals surface area (Å²) in [7, 11) is 0. The highest BCUT2D eigenvalue weighted by Gasteiger charge is 2.07. The second-order valence-corrected chi connectivity index (χ2v) is 4.77. The molecule has 0 fully saturated rings. The van der Waals surface area contributed by atoms with Crippen LogP contribution in [0.3, 0.4) is 0 Å². The molecule has 0 aromatic heterocycles. The molecule has 0 bridgehead atoms. The molecule has 1 atom stereocenters. The van der Waals surface area contributed by atoms with Crippen LogP contribution in [-0.2, 0) is 9.57 Å². The maximum absolute atomic E-state index is 13.1. The highest BCUT2D eigenvalue weighted by molar-refractivity contribution is 5.97. The third-order valence-corrected chi connectivity index (χ3v) is 2.51. The molecular formula is C14H21FN2O3. The van der Waals surface area contributed by atoms with Gasteiger partial charge >= 0.3 is 0 Å². The zero-order valence-corrected chi connectivity index (χ0v) is 12.0. The number of nitrogens with zero attached hydrogens (tertiary/aromatic N) is 1. The Labute approximate surface area is 118 Å². The average molecular weight is 284 g/mol. The van der Waals surface area contributed by atoms with Gasteiger partial charge in [0.15, 0.2) is 5.84 Å². The van der Waals surface area contributed by atoms with Crippen molar-refractivity contribution in [2.24, 2.45) is 10.9 Å². The molecule has 0 spiro atoms. The van der Waals surface area contributed by atoms with Gasteiger partial charge in [-0.05, 0) is 44.5 Å². The Morgan fingerprint density at radius 3 is 2.70 bits per heavy atom. The van der Waals surface area contributed by atoms with Crippen LogP contribution < -0.4 is 5.73 Å². The molecule has 1 unspecified atom stereocenters. The van der Waals surface area contributed by atoms with Gasteiger partial charge in [0.1, 0.15) is 18.5 Å². The number of aliphatic hydroxyl groups excluding tert-OH is 1. The maximum Gasteiger partial charge on any atom is 0.170 e. The molecule has 20 heavy (non-hydrogen) atoms. The van der Waals surface area contributed by atoms with E-state index in [0.717, 1.165) is 0 Å². The van der Waals surface area contributed by atoms with Gasteiger partial charge in [0.25, 0.3) is 0 Å². The first-order chi connectivity index (χ1) is 9.40. The van der Waals surface area contributed by atoms with E-state index in [1.54, 1.807) is 13.0 Å². The van der Waals surface area contributed by atoms with Crippen LogP contribution >= 0.6 is 0 Å². The van der Waals surface area contributed by atoms with Crippen LogP contribution in [0.4, 0.5) is 4.39 Å². The molecule has 0 aliphatic carbocycles. The predicted molar refractivity (Wildman–Crippen MR) is 74.9 cm³/mol. The number of oxime groups is 1. The van der Waals surface area contributed by atoms with Crippen molar-refractivity contribution >= 4 is 5.84 Å². The summed E-state index contributed by atoms with van der Waals surface area (Å²) in [5.74, 6) is -0.172. The fourth-order valence-corrected chi connectivity index (χ4v) is 1.40. The van der Waals surface area contributed by atoms with E-state index < -0.39 is 6.10 Å². The highest BCUT2D eigenvalue weighted by Crippen LogP contribution is 2.09. The van der Waals surface area contributed by atoms with E-state index in [4.69, 9.17) is 15.3 Å². The maximum atomic E-state index is 13.1. The van der Waals surface area contributed by atoms with Crippen molar-refractivity contribution in [2.45, 2.75) is 33.0 Å². The van der Waals surface area contributed by atoms with Gasteiger partial charge in [-0.1, -0.05) is 5.16 Å². The van der Waals surface area contributed by atoms with Gasteiger partial charge in [0, 0.05) is 5.56 Å². The SMILES string of the molecule is Cc1cc(/C(N)=N\OCC(O)COC(C)C)ccc1F. The monoisotopic (exact) mass is 284 g/mol. The van der Waals surface area contributed by atoms with Crippen molar-refractivity contribution in [3.05, 3.63) is 35.1 Å². The highest BCUT2D eigenvalue weighted by atomic mass is 19.1. The van der Waals surface area contributed by atoms with E-state index in [9.17, 15) is 9.50 Å². The summed E-state index contributed by atoms with van der Waals surface area (Å²) in [6.45, 7) is 5.54. The van der Waals surface area contributed by atoms with E-state index in [1.807, 2.05) is 13.8 Å². The number of rotatable bonds is 7. The van der Waals surface area contributed by atoms with Crippen molar-refractivity contribution < 1.29 is 19.1 Å². The molecule has 0 amide bonds. The molecule has 6 heteroatoms. The normalized spacial score (nSPS) is 13.6. The van der Waals surface area contributed by atoms with Crippen molar-refractivity contribution in [2.75, 3.05) is 13.2 Å². The van der Waals surface area contributed by atoms with E-state index in [0.29, 0.717) is 11.1 Å². The Morgan fingerprint density at radius 2 is 2.10 bits per heavy atom. The second kappa shape index (κ2) is 7.81. The third kappa shape index (κ3) is 5.54. The summed E-state index contributed by atoms with van der Waals surface area (Å²) in [4.78, 5) is 4.95. The van der Waals surface area contributed by atoms with Gasteiger partial charge in [-0.2, -0.15) is 0 Å². The quantitative estimate of drug-likeness (QED) is 0.452. The minimum absolute atomic E-state index is 0.0202. The molecule has 0 heterocycles. The number of benzene rings is 1. The Morgan fingerprint density at radius 1 is 1.40 bits per heavy atom. The lowest BCUT2D eigenvalue weighted by Gasteiger charge is -2.12. The molecule has 1 aromatic rings. The van der Waals surface area contributed by atoms with Crippen molar-refractivity contribution in [3.8, 4) is 0 Å². The number of aliphatic hydroxyl groups is 1. The van der Waals surface area contributed by atoms with Crippen LogP contribution in [0.2, 0.25) is 0 Å². The van der Waals surface area contributed by atoms with Crippen LogP contribution in [-0.4, -0.2) is 36.4 Å². The van der Waals surface area contributed by atoms with Crippen LogP contribution in [0.25, 0.3) is 0 Å². The molecule has 0 aliphatic rings. The van der Waals surface area contributed by atoms with Crippen molar-refractivity contribution in [1.82, 2.24) is 0 Å². The zero-order valence-electron chi connectivity index (χ0n) is 12.0. The van der Waals surface area contributed by atoms with Crippen molar-refractivity contribution in [3.63, 3.8) is 0 Å². The Hall–Kier alpha value is -1.66. The molecule has 112 valence electrons. The summed E-state index contributed by atoms with van der Waals surface area (Å²) in [6, 6.07) is 4.41. The van der Waals surface area contributed by atoms with Gasteiger partial charge in [0.2, 0.25) is 0 Å². The molecule has 1 aromatic carbocycles. The lowest BCUT2D eigenvalue weighted by atomic mass is 10.1. The van der Waals surface area contributed by atoms with Gasteiger partial charge in [0.05, 0.1) is 12.7 Å². The number of amidine groups is 1. The lowest BCUT2D eigenvalue weighted by Crippen LogP contribution is -2.23. The minimum Gasteiger partial charge on any atom is -0.391 e. The molecule has 0 saturated heterocycles. The summed E-state index contributed by atoms with van der Waals surface area (Å²) in [6.07, 6.45) is -0.732. The number of ether oxygens (including phenoxy) is 1. The smallest absolute Gasteiger partial charge is 0.170 e. The van der Waals surface area contributed by atoms with Gasteiger partial charge in [-0.25, -0.2) is 4.39 Å². The number of nitrogens with two attached hydrogens (primary N) is 1. The molecule has 0 radical (unpaired) electrons. The summed E-state index contributed by atoms with van der Waals surface area (Å²) >= 11 is 0. The summed E-state index contributed by atoms with van der Waals surface area (Å²) in [5, 5.41) is 13.2. The van der Waals surface area contributed by atoms with E-state index in [1.165, 1.54) is 12.1 Å². The van der Waals surface area contributed by atoms with Gasteiger partial charge < -0.3 is 20.4 Å². The Kier molecular flexibility index (Phi) is 6.41. The first kappa shape index (κ1) is 16.4. The molecular weight excluding hydrogens is 263 g/mol. The van der Waals surface area contributed by atoms with Gasteiger partial charge in [-0.15, -0.1) is 0 Å². The standard InChI is InChI=1S/C14H21FN2O3/c1-9(2)19-7-12(18)8-20-17-14(16)11-4-5-13(15)10(3)6-11/h4-6,9,12,18H,7-8H2,1-3H3,(H2,16,17). The fraction of sp³-hybridized carbons (Fsp3) is 0.500. The first-order valence-electron chi connectivity index (χ1n) is 6.41. The average Bonchev–Trinajstić information content (AvgIpc) is 2.39. The van der Waals surface area contributed by atoms with E-state index >= 15 is 0 Å². The predicted octanol–water partition coefficient (Wildman–Crippen LogP) is 1.56. The number of hydrogen-bond donors (Lipinski definition) is 2. The van der Waals surface area contributed by atoms with Crippen molar-refractivity contribution in [1.29, 1.82) is 0 Å². The van der Waals surface area contributed by atoms with Crippen LogP contribution in [0.1, 0.15) is 25.0 Å². The first-order valence-corrected chi connectivity index (χ1v) is 6.41. The Balaban J connectivity index is 2.47. The number of halogens is 1. The fourth-order valence-electron chi connectivity index (χ4n) is 1.40. The molecule has 5 nitrogen and oxygen atoms in total. The molecule has 1 rings (SSSR count). The van der Waals surface area contributed by atoms with Crippen LogP contribution in [0.15, 0.2) is 23.4 Å². The number of hydrogen-bond acceptors (Lipinski definition) is 4. The second-order valence-electron chi connectivity index (χ2n) is 4.77.